The van der Waals surface area contributed by atoms with Crippen molar-refractivity contribution in [3.63, 3.8) is 0 Å². The Kier molecular flexibility index (Phi) is 6.35. The summed E-state index contributed by atoms with van der Waals surface area (Å²) in [5.41, 5.74) is 0.673. The van der Waals surface area contributed by atoms with Gasteiger partial charge in [-0.05, 0) is 31.2 Å². The molecule has 3 aromatic rings. The van der Waals surface area contributed by atoms with Crippen molar-refractivity contribution in [3.05, 3.63) is 54.4 Å². The molecule has 0 aliphatic heterocycles. The minimum absolute atomic E-state index is 0.430. The van der Waals surface area contributed by atoms with Crippen LogP contribution in [0.4, 0.5) is 0 Å². The zero-order chi connectivity index (χ0) is 18.0. The number of nitrogens with one attached hydrogen (secondary N) is 2. The normalized spacial score (nSPS) is 11.5. The van der Waals surface area contributed by atoms with E-state index < -0.39 is 0 Å². The van der Waals surface area contributed by atoms with Gasteiger partial charge in [-0.15, -0.1) is 0 Å². The first kappa shape index (κ1) is 17.7. The molecular weight excluding hydrogens is 332 g/mol. The van der Waals surface area contributed by atoms with Crippen molar-refractivity contribution >= 4 is 5.96 Å². The number of pyridine rings is 1. The van der Waals surface area contributed by atoms with Gasteiger partial charge < -0.3 is 19.6 Å². The molecule has 0 aromatic carbocycles. The quantitative estimate of drug-likeness (QED) is 0.471. The highest BCUT2D eigenvalue weighted by Gasteiger charge is 2.09. The van der Waals surface area contributed by atoms with Crippen molar-refractivity contribution in [1.82, 2.24) is 25.8 Å². The molecule has 136 valence electrons. The van der Waals surface area contributed by atoms with E-state index in [1.165, 1.54) is 0 Å². The summed E-state index contributed by atoms with van der Waals surface area (Å²) in [5.74, 6) is 2.75. The molecule has 0 unspecified atom stereocenters. The summed E-state index contributed by atoms with van der Waals surface area (Å²) in [6.45, 7) is 4.11. The van der Waals surface area contributed by atoms with E-state index in [1.807, 2.05) is 37.3 Å². The summed E-state index contributed by atoms with van der Waals surface area (Å²) < 4.78 is 10.6. The second-order valence-electron chi connectivity index (χ2n) is 5.50. The fourth-order valence-electron chi connectivity index (χ4n) is 2.32. The van der Waals surface area contributed by atoms with Crippen LogP contribution in [0.25, 0.3) is 11.6 Å². The number of nitrogens with zero attached hydrogens (tertiary/aromatic N) is 4. The topological polar surface area (TPSA) is 101 Å². The van der Waals surface area contributed by atoms with Crippen molar-refractivity contribution in [1.29, 1.82) is 0 Å². The van der Waals surface area contributed by atoms with Crippen molar-refractivity contribution < 1.29 is 8.94 Å². The molecule has 3 heterocycles. The second kappa shape index (κ2) is 9.36. The maximum Gasteiger partial charge on any atom is 0.276 e. The first-order chi connectivity index (χ1) is 12.8. The van der Waals surface area contributed by atoms with E-state index in [0.717, 1.165) is 24.7 Å². The van der Waals surface area contributed by atoms with Gasteiger partial charge in [0, 0.05) is 38.7 Å². The first-order valence-corrected chi connectivity index (χ1v) is 8.63. The predicted molar refractivity (Wildman–Crippen MR) is 97.6 cm³/mol. The van der Waals surface area contributed by atoms with Crippen LogP contribution in [0, 0.1) is 0 Å². The zero-order valence-corrected chi connectivity index (χ0v) is 14.7. The molecule has 0 bridgehead atoms. The molecule has 8 heteroatoms. The van der Waals surface area contributed by atoms with Gasteiger partial charge in [0.05, 0.1) is 6.26 Å². The summed E-state index contributed by atoms with van der Waals surface area (Å²) in [6, 6.07) is 9.40. The Hall–Kier alpha value is -3.16. The van der Waals surface area contributed by atoms with E-state index in [4.69, 9.17) is 8.94 Å². The van der Waals surface area contributed by atoms with Gasteiger partial charge in [0.15, 0.2) is 11.8 Å². The van der Waals surface area contributed by atoms with Gasteiger partial charge >= 0.3 is 0 Å². The van der Waals surface area contributed by atoms with Gasteiger partial charge in [-0.3, -0.25) is 9.98 Å². The van der Waals surface area contributed by atoms with Crippen LogP contribution in [0.3, 0.4) is 0 Å². The molecule has 2 N–H and O–H groups in total. The van der Waals surface area contributed by atoms with Crippen LogP contribution < -0.4 is 10.6 Å². The molecular formula is C18H22N6O2. The van der Waals surface area contributed by atoms with Crippen LogP contribution in [0.2, 0.25) is 0 Å². The summed E-state index contributed by atoms with van der Waals surface area (Å²) in [6.07, 6.45) is 4.76. The van der Waals surface area contributed by atoms with Crippen LogP contribution in [0.5, 0.6) is 0 Å². The number of rotatable bonds is 8. The summed E-state index contributed by atoms with van der Waals surface area (Å²) in [7, 11) is 0. The molecule has 8 nitrogen and oxygen atoms in total. The molecule has 0 radical (unpaired) electrons. The molecule has 26 heavy (non-hydrogen) atoms. The molecule has 0 spiro atoms. The summed E-state index contributed by atoms with van der Waals surface area (Å²) in [4.78, 5) is 13.1. The molecule has 3 aromatic heterocycles. The van der Waals surface area contributed by atoms with E-state index in [1.54, 1.807) is 12.5 Å². The smallest absolute Gasteiger partial charge is 0.276 e. The predicted octanol–water partition coefficient (Wildman–Crippen LogP) is 2.06. The van der Waals surface area contributed by atoms with Gasteiger partial charge in [0.2, 0.25) is 0 Å². The molecule has 0 saturated carbocycles. The maximum atomic E-state index is 5.31. The fraction of sp³-hybridized carbons (Fsp3) is 0.333. The lowest BCUT2D eigenvalue weighted by Gasteiger charge is -2.10. The van der Waals surface area contributed by atoms with Crippen molar-refractivity contribution in [2.75, 3.05) is 19.6 Å². The average Bonchev–Trinajstić information content (AvgIpc) is 3.34. The molecule has 0 saturated heterocycles. The van der Waals surface area contributed by atoms with E-state index >= 15 is 0 Å². The number of aliphatic imine (C=N–C) groups is 1. The lowest BCUT2D eigenvalue weighted by Crippen LogP contribution is -2.38. The van der Waals surface area contributed by atoms with E-state index in [0.29, 0.717) is 36.9 Å². The van der Waals surface area contributed by atoms with E-state index in [9.17, 15) is 0 Å². The summed E-state index contributed by atoms with van der Waals surface area (Å²) in [5, 5.41) is 10.5. The Labute approximate surface area is 151 Å². The van der Waals surface area contributed by atoms with Crippen LogP contribution in [0.15, 0.2) is 56.7 Å². The largest absolute Gasteiger partial charge is 0.469 e. The van der Waals surface area contributed by atoms with Crippen molar-refractivity contribution in [2.24, 2.45) is 4.99 Å². The van der Waals surface area contributed by atoms with Gasteiger partial charge in [-0.1, -0.05) is 11.2 Å². The van der Waals surface area contributed by atoms with Gasteiger partial charge in [0.1, 0.15) is 11.5 Å². The number of guanidine groups is 1. The van der Waals surface area contributed by atoms with Gasteiger partial charge in [-0.25, -0.2) is 0 Å². The average molecular weight is 354 g/mol. The molecule has 0 atom stereocenters. The highest BCUT2D eigenvalue weighted by Crippen LogP contribution is 2.13. The SMILES string of the molecule is CCNC(=NCCc1ccco1)NCCc1noc(-c2ccccn2)n1. The standard InChI is InChI=1S/C18H22N6O2/c1-2-19-18(21-11-8-14-6-5-13-25-14)22-12-9-16-23-17(26-24-16)15-7-3-4-10-20-15/h3-7,10,13H,2,8-9,11-12H2,1H3,(H2,19,21,22). The van der Waals surface area contributed by atoms with Gasteiger partial charge in [-0.2, -0.15) is 4.98 Å². The third-order valence-corrected chi connectivity index (χ3v) is 3.55. The second-order valence-corrected chi connectivity index (χ2v) is 5.50. The lowest BCUT2D eigenvalue weighted by atomic mass is 10.3. The molecule has 0 amide bonds. The molecule has 0 aliphatic carbocycles. The van der Waals surface area contributed by atoms with E-state index in [-0.39, 0.29) is 0 Å². The van der Waals surface area contributed by atoms with Crippen LogP contribution in [-0.2, 0) is 12.8 Å². The van der Waals surface area contributed by atoms with Crippen LogP contribution in [-0.4, -0.2) is 40.7 Å². The Balaban J connectivity index is 1.47. The number of hydrogen-bond donors (Lipinski definition) is 2. The highest BCUT2D eigenvalue weighted by molar-refractivity contribution is 5.79. The minimum atomic E-state index is 0.430. The van der Waals surface area contributed by atoms with Crippen LogP contribution in [0.1, 0.15) is 18.5 Å². The lowest BCUT2D eigenvalue weighted by molar-refractivity contribution is 0.421. The third-order valence-electron chi connectivity index (χ3n) is 3.55. The molecule has 0 aliphatic rings. The fourth-order valence-corrected chi connectivity index (χ4v) is 2.32. The summed E-state index contributed by atoms with van der Waals surface area (Å²) >= 11 is 0. The maximum absolute atomic E-state index is 5.31. The van der Waals surface area contributed by atoms with Crippen molar-refractivity contribution in [2.45, 2.75) is 19.8 Å². The Bertz CT molecular complexity index is 798. The Morgan fingerprint density at radius 1 is 1.15 bits per heavy atom. The van der Waals surface area contributed by atoms with Crippen LogP contribution >= 0.6 is 0 Å². The highest BCUT2D eigenvalue weighted by atomic mass is 16.5. The monoisotopic (exact) mass is 354 g/mol. The Morgan fingerprint density at radius 2 is 2.12 bits per heavy atom. The zero-order valence-electron chi connectivity index (χ0n) is 14.7. The number of aromatic nitrogens is 3. The Morgan fingerprint density at radius 3 is 2.88 bits per heavy atom. The van der Waals surface area contributed by atoms with Crippen molar-refractivity contribution in [3.8, 4) is 11.6 Å². The third kappa shape index (κ3) is 5.17. The first-order valence-electron chi connectivity index (χ1n) is 8.63. The number of hydrogen-bond acceptors (Lipinski definition) is 6. The van der Waals surface area contributed by atoms with Gasteiger partial charge in [0.25, 0.3) is 5.89 Å². The molecule has 0 fully saturated rings. The van der Waals surface area contributed by atoms with E-state index in [2.05, 4.69) is 30.8 Å². The minimum Gasteiger partial charge on any atom is -0.469 e. The molecule has 3 rings (SSSR count). The number of furan rings is 1.